The molecular weight excluding hydrogens is 339 g/mol. The molecule has 0 bridgehead atoms. The van der Waals surface area contributed by atoms with Crippen LogP contribution in [0.25, 0.3) is 0 Å². The summed E-state index contributed by atoms with van der Waals surface area (Å²) in [5.41, 5.74) is 6.41. The Balaban J connectivity index is 0.00000200. The molecule has 1 aliphatic heterocycles. The van der Waals surface area contributed by atoms with Gasteiger partial charge in [-0.25, -0.2) is 8.42 Å². The Bertz CT molecular complexity index is 524. The fourth-order valence-electron chi connectivity index (χ4n) is 2.45. The van der Waals surface area contributed by atoms with Crippen molar-refractivity contribution in [2.45, 2.75) is 42.9 Å². The molecule has 1 saturated heterocycles. The first-order valence-corrected chi connectivity index (χ1v) is 9.08. The molecule has 2 heterocycles. The Kier molecular flexibility index (Phi) is 6.76. The van der Waals surface area contributed by atoms with Crippen LogP contribution in [0.5, 0.6) is 0 Å². The van der Waals surface area contributed by atoms with E-state index in [-0.39, 0.29) is 18.4 Å². The van der Waals surface area contributed by atoms with Crippen molar-refractivity contribution in [2.24, 2.45) is 5.73 Å². The molecule has 2 rings (SSSR count). The molecule has 1 aliphatic rings. The van der Waals surface area contributed by atoms with Gasteiger partial charge in [0.1, 0.15) is 4.21 Å². The highest BCUT2D eigenvalue weighted by atomic mass is 35.5. The van der Waals surface area contributed by atoms with Crippen LogP contribution in [0.3, 0.4) is 0 Å². The van der Waals surface area contributed by atoms with Gasteiger partial charge < -0.3 is 5.73 Å². The number of nitrogens with two attached hydrogens (primary N) is 1. The molecule has 1 unspecified atom stereocenters. The second kappa shape index (κ2) is 7.42. The van der Waals surface area contributed by atoms with E-state index in [0.29, 0.717) is 21.6 Å². The summed E-state index contributed by atoms with van der Waals surface area (Å²) in [4.78, 5) is 0. The third kappa shape index (κ3) is 3.67. The Labute approximate surface area is 135 Å². The molecule has 8 heteroatoms. The molecule has 116 valence electrons. The van der Waals surface area contributed by atoms with Gasteiger partial charge in [0.2, 0.25) is 0 Å². The highest BCUT2D eigenvalue weighted by molar-refractivity contribution is 7.91. The van der Waals surface area contributed by atoms with Crippen molar-refractivity contribution >= 4 is 45.4 Å². The van der Waals surface area contributed by atoms with Crippen molar-refractivity contribution in [3.05, 3.63) is 16.0 Å². The number of rotatable bonds is 4. The average Bonchev–Trinajstić information content (AvgIpc) is 2.71. The second-order valence-electron chi connectivity index (χ2n) is 4.86. The summed E-state index contributed by atoms with van der Waals surface area (Å²) in [7, 11) is -3.42. The topological polar surface area (TPSA) is 63.4 Å². The molecule has 0 aliphatic carbocycles. The Morgan fingerprint density at radius 2 is 2.20 bits per heavy atom. The number of nitrogens with zero attached hydrogens (tertiary/aromatic N) is 1. The zero-order valence-corrected chi connectivity index (χ0v) is 14.5. The maximum atomic E-state index is 12.7. The first-order valence-electron chi connectivity index (χ1n) is 6.44. The minimum Gasteiger partial charge on any atom is -0.330 e. The first-order chi connectivity index (χ1) is 8.96. The lowest BCUT2D eigenvalue weighted by molar-refractivity contribution is 0.243. The van der Waals surface area contributed by atoms with Crippen LogP contribution in [-0.4, -0.2) is 31.9 Å². The van der Waals surface area contributed by atoms with E-state index in [1.165, 1.54) is 0 Å². The summed E-state index contributed by atoms with van der Waals surface area (Å²) in [6, 6.07) is 1.70. The van der Waals surface area contributed by atoms with Crippen molar-refractivity contribution in [1.82, 2.24) is 4.31 Å². The van der Waals surface area contributed by atoms with Crippen molar-refractivity contribution in [3.8, 4) is 0 Å². The van der Waals surface area contributed by atoms with Crippen molar-refractivity contribution in [3.63, 3.8) is 0 Å². The predicted molar refractivity (Wildman–Crippen MR) is 86.5 cm³/mol. The number of halogens is 2. The van der Waals surface area contributed by atoms with Crippen molar-refractivity contribution < 1.29 is 8.42 Å². The van der Waals surface area contributed by atoms with E-state index in [9.17, 15) is 8.42 Å². The summed E-state index contributed by atoms with van der Waals surface area (Å²) < 4.78 is 27.9. The molecule has 1 atom stereocenters. The molecule has 0 spiro atoms. The van der Waals surface area contributed by atoms with Gasteiger partial charge in [-0.05, 0) is 44.4 Å². The van der Waals surface area contributed by atoms with Crippen LogP contribution in [0.1, 0.15) is 31.2 Å². The minimum atomic E-state index is -3.42. The van der Waals surface area contributed by atoms with E-state index < -0.39 is 10.0 Å². The third-order valence-corrected chi connectivity index (χ3v) is 7.43. The molecule has 2 N–H and O–H groups in total. The molecular formula is C12H20Cl2N2O2S2. The van der Waals surface area contributed by atoms with Gasteiger partial charge in [-0.15, -0.1) is 23.7 Å². The lowest BCUT2D eigenvalue weighted by Crippen LogP contribution is -2.44. The number of hydrogen-bond donors (Lipinski definition) is 1. The smallest absolute Gasteiger partial charge is 0.252 e. The van der Waals surface area contributed by atoms with E-state index in [1.807, 2.05) is 6.92 Å². The third-order valence-electron chi connectivity index (χ3n) is 3.47. The maximum absolute atomic E-state index is 12.7. The average molecular weight is 359 g/mol. The fourth-order valence-corrected chi connectivity index (χ4v) is 6.01. The lowest BCUT2D eigenvalue weighted by atomic mass is 10.0. The van der Waals surface area contributed by atoms with Gasteiger partial charge in [0.05, 0.1) is 4.34 Å². The van der Waals surface area contributed by atoms with Gasteiger partial charge in [0.15, 0.2) is 0 Å². The SMILES string of the molecule is Cc1cc(S(=O)(=O)N2CCCCC2CCN)sc1Cl.Cl. The van der Waals surface area contributed by atoms with Crippen LogP contribution in [0.4, 0.5) is 0 Å². The van der Waals surface area contributed by atoms with E-state index in [0.717, 1.165) is 42.6 Å². The Hall–Kier alpha value is 0.150. The van der Waals surface area contributed by atoms with E-state index in [4.69, 9.17) is 17.3 Å². The lowest BCUT2D eigenvalue weighted by Gasteiger charge is -2.34. The molecule has 20 heavy (non-hydrogen) atoms. The number of aryl methyl sites for hydroxylation is 1. The van der Waals surface area contributed by atoms with Gasteiger partial charge in [0.25, 0.3) is 10.0 Å². The van der Waals surface area contributed by atoms with Gasteiger partial charge in [-0.1, -0.05) is 18.0 Å². The van der Waals surface area contributed by atoms with Crippen molar-refractivity contribution in [1.29, 1.82) is 0 Å². The van der Waals surface area contributed by atoms with Crippen LogP contribution in [0.15, 0.2) is 10.3 Å². The minimum absolute atomic E-state index is 0. The summed E-state index contributed by atoms with van der Waals surface area (Å²) in [6.07, 6.45) is 3.60. The monoisotopic (exact) mass is 358 g/mol. The van der Waals surface area contributed by atoms with Gasteiger partial charge in [-0.3, -0.25) is 0 Å². The zero-order valence-electron chi connectivity index (χ0n) is 11.3. The van der Waals surface area contributed by atoms with E-state index in [1.54, 1.807) is 10.4 Å². The van der Waals surface area contributed by atoms with Gasteiger partial charge in [0, 0.05) is 12.6 Å². The van der Waals surface area contributed by atoms with Crippen molar-refractivity contribution in [2.75, 3.05) is 13.1 Å². The summed E-state index contributed by atoms with van der Waals surface area (Å²) in [5, 5.41) is 0. The number of thiophene rings is 1. The molecule has 1 aromatic rings. The first kappa shape index (κ1) is 18.2. The van der Waals surface area contributed by atoms with Crippen LogP contribution in [-0.2, 0) is 10.0 Å². The predicted octanol–water partition coefficient (Wildman–Crippen LogP) is 3.02. The summed E-state index contributed by atoms with van der Waals surface area (Å²) in [5.74, 6) is 0. The van der Waals surface area contributed by atoms with E-state index in [2.05, 4.69) is 0 Å². The molecule has 1 fully saturated rings. The quantitative estimate of drug-likeness (QED) is 0.899. The van der Waals surface area contributed by atoms with Crippen LogP contribution < -0.4 is 5.73 Å². The standard InChI is InChI=1S/C12H19ClN2O2S2.ClH/c1-9-8-11(18-12(9)13)19(16,17)15-7-3-2-4-10(15)5-6-14;/h8,10H,2-7,14H2,1H3;1H. The highest BCUT2D eigenvalue weighted by Gasteiger charge is 2.34. The summed E-state index contributed by atoms with van der Waals surface area (Å²) >= 11 is 7.13. The molecule has 4 nitrogen and oxygen atoms in total. The normalized spacial score (nSPS) is 20.6. The Morgan fingerprint density at radius 3 is 2.75 bits per heavy atom. The zero-order chi connectivity index (χ0) is 14.0. The molecule has 0 radical (unpaired) electrons. The van der Waals surface area contributed by atoms with Gasteiger partial charge >= 0.3 is 0 Å². The fraction of sp³-hybridized carbons (Fsp3) is 0.667. The molecule has 0 aromatic carbocycles. The highest BCUT2D eigenvalue weighted by Crippen LogP contribution is 2.34. The second-order valence-corrected chi connectivity index (χ2v) is 8.64. The van der Waals surface area contributed by atoms with Crippen LogP contribution in [0.2, 0.25) is 4.34 Å². The molecule has 0 amide bonds. The largest absolute Gasteiger partial charge is 0.330 e. The maximum Gasteiger partial charge on any atom is 0.252 e. The van der Waals surface area contributed by atoms with E-state index >= 15 is 0 Å². The van der Waals surface area contributed by atoms with Crippen LogP contribution in [0, 0.1) is 6.92 Å². The number of hydrogen-bond acceptors (Lipinski definition) is 4. The molecule has 1 aromatic heterocycles. The van der Waals surface area contributed by atoms with Crippen LogP contribution >= 0.6 is 35.3 Å². The van der Waals surface area contributed by atoms with Gasteiger partial charge in [-0.2, -0.15) is 4.31 Å². The Morgan fingerprint density at radius 1 is 1.50 bits per heavy atom. The number of piperidine rings is 1. The summed E-state index contributed by atoms with van der Waals surface area (Å²) in [6.45, 7) is 2.92. The molecule has 0 saturated carbocycles. The number of sulfonamides is 1.